The van der Waals surface area contributed by atoms with Gasteiger partial charge >= 0.3 is 0 Å². The Hall–Kier alpha value is -3.49. The summed E-state index contributed by atoms with van der Waals surface area (Å²) in [5.74, 6) is -3.34. The summed E-state index contributed by atoms with van der Waals surface area (Å²) in [6.07, 6.45) is 4.52. The molecular weight excluding hydrogens is 550 g/mol. The molecule has 2 amide bonds. The molecule has 7 rings (SSSR count). The van der Waals surface area contributed by atoms with Gasteiger partial charge in [-0.15, -0.1) is 0 Å². The number of amides is 2. The highest BCUT2D eigenvalue weighted by atomic mass is 19.3. The van der Waals surface area contributed by atoms with E-state index in [2.05, 4.69) is 17.4 Å². The van der Waals surface area contributed by atoms with Crippen molar-refractivity contribution in [3.05, 3.63) is 64.7 Å². The Labute approximate surface area is 252 Å². The van der Waals surface area contributed by atoms with Gasteiger partial charge < -0.3 is 15.8 Å². The Bertz CT molecular complexity index is 1460. The van der Waals surface area contributed by atoms with E-state index in [0.29, 0.717) is 24.8 Å². The van der Waals surface area contributed by atoms with Gasteiger partial charge in [-0.25, -0.2) is 13.8 Å². The molecule has 0 spiro atoms. The highest BCUT2D eigenvalue weighted by molar-refractivity contribution is 5.99. The third kappa shape index (κ3) is 5.63. The third-order valence-corrected chi connectivity index (χ3v) is 9.89. The van der Waals surface area contributed by atoms with Crippen molar-refractivity contribution < 1.29 is 23.1 Å². The lowest BCUT2D eigenvalue weighted by Crippen LogP contribution is -2.55. The number of aryl methyl sites for hydroxylation is 1. The summed E-state index contributed by atoms with van der Waals surface area (Å²) < 4.78 is 37.4. The van der Waals surface area contributed by atoms with E-state index in [4.69, 9.17) is 15.5 Å². The van der Waals surface area contributed by atoms with Crippen LogP contribution in [0.3, 0.4) is 0 Å². The molecule has 0 saturated heterocycles. The standard InChI is InChI=1S/C34H42F2N4O3/c1-4-33-16-8-7-9-21-12-14-27-24(17-21)26(19-32(2,3)43-27)38-28(41)15-13-22-18-34(35,36)25-11-6-5-10-23(25)30(22)40(29(42)20-33)31(37)39-33/h5-6,10-12,14,17,22,26,30H,4,7-9,13,15-16,18-20H2,1-3H3,(H2,37,39)(H,38,41)/t22-,26+,30+,33-/m1/s1. The van der Waals surface area contributed by atoms with Crippen LogP contribution >= 0.6 is 0 Å². The SMILES string of the molecule is CC[C@@]12CCCCc3ccc4c(c3)[C@H](CC(C)(C)O4)NC(=O)CC[C@@H]3CC(F)(F)c4ccccc4[C@H]3N(C(=O)C1)C(N)=N2. The normalized spacial score (nSPS) is 30.1. The number of benzene rings is 2. The van der Waals surface area contributed by atoms with Gasteiger partial charge in [-0.05, 0) is 69.1 Å². The summed E-state index contributed by atoms with van der Waals surface area (Å²) in [6, 6.07) is 11.6. The Morgan fingerprint density at radius 3 is 2.63 bits per heavy atom. The fourth-order valence-corrected chi connectivity index (χ4v) is 7.71. The second-order valence-corrected chi connectivity index (χ2v) is 13.5. The van der Waals surface area contributed by atoms with Gasteiger partial charge in [0.15, 0.2) is 5.96 Å². The van der Waals surface area contributed by atoms with Crippen molar-refractivity contribution in [3.63, 3.8) is 0 Å². The molecule has 0 unspecified atom stereocenters. The number of aliphatic imine (C=N–C) groups is 1. The van der Waals surface area contributed by atoms with Crippen molar-refractivity contribution >= 4 is 17.8 Å². The average molecular weight is 593 g/mol. The van der Waals surface area contributed by atoms with Crippen LogP contribution in [0.1, 0.15) is 113 Å². The summed E-state index contributed by atoms with van der Waals surface area (Å²) in [5, 5.41) is 3.19. The Kier molecular flexibility index (Phi) is 7.50. The fraction of sp³-hybridized carbons (Fsp3) is 0.559. The smallest absolute Gasteiger partial charge is 0.273 e. The van der Waals surface area contributed by atoms with E-state index in [0.717, 1.165) is 36.1 Å². The van der Waals surface area contributed by atoms with E-state index in [-0.39, 0.29) is 48.6 Å². The Morgan fingerprint density at radius 2 is 1.86 bits per heavy atom. The predicted octanol–water partition coefficient (Wildman–Crippen LogP) is 6.46. The van der Waals surface area contributed by atoms with Crippen molar-refractivity contribution in [1.29, 1.82) is 0 Å². The van der Waals surface area contributed by atoms with Crippen LogP contribution in [-0.4, -0.2) is 33.8 Å². The largest absolute Gasteiger partial charge is 0.487 e. The van der Waals surface area contributed by atoms with Crippen LogP contribution in [0.15, 0.2) is 47.5 Å². The van der Waals surface area contributed by atoms with Crippen LogP contribution in [0.2, 0.25) is 0 Å². The quantitative estimate of drug-likeness (QED) is 0.397. The van der Waals surface area contributed by atoms with Crippen molar-refractivity contribution in [3.8, 4) is 5.75 Å². The summed E-state index contributed by atoms with van der Waals surface area (Å²) in [5.41, 5.74) is 7.90. The summed E-state index contributed by atoms with van der Waals surface area (Å²) in [7, 11) is 0. The molecular formula is C34H42F2N4O3. The van der Waals surface area contributed by atoms with Crippen molar-refractivity contribution in [2.45, 2.75) is 114 Å². The third-order valence-electron chi connectivity index (χ3n) is 9.89. The van der Waals surface area contributed by atoms with Gasteiger partial charge in [0, 0.05) is 30.4 Å². The maximum atomic E-state index is 15.6. The van der Waals surface area contributed by atoms with E-state index < -0.39 is 35.4 Å². The number of nitrogens with zero attached hydrogens (tertiary/aromatic N) is 2. The average Bonchev–Trinajstić information content (AvgIpc) is 2.94. The molecule has 0 saturated carbocycles. The molecule has 7 nitrogen and oxygen atoms in total. The number of ether oxygens (including phenoxy) is 1. The fourth-order valence-electron chi connectivity index (χ4n) is 7.71. The Balaban J connectivity index is 1.40. The maximum Gasteiger partial charge on any atom is 0.273 e. The van der Waals surface area contributed by atoms with Gasteiger partial charge in [0.25, 0.3) is 5.92 Å². The Morgan fingerprint density at radius 1 is 1.07 bits per heavy atom. The molecule has 0 aromatic heterocycles. The molecule has 0 fully saturated rings. The lowest BCUT2D eigenvalue weighted by molar-refractivity contribution is -0.135. The molecule has 230 valence electrons. The van der Waals surface area contributed by atoms with Crippen LogP contribution < -0.4 is 15.8 Å². The van der Waals surface area contributed by atoms with Crippen LogP contribution in [-0.2, 0) is 21.9 Å². The number of fused-ring (bicyclic) bond motifs is 8. The maximum absolute atomic E-state index is 15.6. The number of rotatable bonds is 1. The molecule has 1 aliphatic carbocycles. The van der Waals surface area contributed by atoms with E-state index >= 15 is 8.78 Å². The summed E-state index contributed by atoms with van der Waals surface area (Å²) in [4.78, 5) is 33.8. The number of carbonyl (C=O) groups is 2. The molecule has 3 N–H and O–H groups in total. The van der Waals surface area contributed by atoms with Gasteiger partial charge in [-0.1, -0.05) is 49.7 Å². The lowest BCUT2D eigenvalue weighted by Gasteiger charge is -2.46. The summed E-state index contributed by atoms with van der Waals surface area (Å²) >= 11 is 0. The van der Waals surface area contributed by atoms with Crippen LogP contribution in [0.4, 0.5) is 8.78 Å². The zero-order chi connectivity index (χ0) is 30.6. The minimum Gasteiger partial charge on any atom is -0.487 e. The first-order chi connectivity index (χ1) is 20.4. The molecule has 4 atom stereocenters. The molecule has 4 bridgehead atoms. The number of hydrogen-bond acceptors (Lipinski definition) is 5. The topological polar surface area (TPSA) is 97.0 Å². The highest BCUT2D eigenvalue weighted by Gasteiger charge is 2.51. The van der Waals surface area contributed by atoms with Gasteiger partial charge in [0.05, 0.1) is 24.0 Å². The number of hydrogen-bond donors (Lipinski definition) is 2. The zero-order valence-electron chi connectivity index (χ0n) is 25.3. The van der Waals surface area contributed by atoms with Gasteiger partial charge in [0.2, 0.25) is 11.8 Å². The first kappa shape index (κ1) is 29.6. The molecule has 5 aliphatic rings. The van der Waals surface area contributed by atoms with Crippen molar-refractivity contribution in [1.82, 2.24) is 10.2 Å². The molecule has 4 aliphatic heterocycles. The lowest BCUT2D eigenvalue weighted by atomic mass is 9.74. The minimum atomic E-state index is -3.09. The predicted molar refractivity (Wildman–Crippen MR) is 161 cm³/mol. The van der Waals surface area contributed by atoms with Crippen LogP contribution in [0.25, 0.3) is 0 Å². The van der Waals surface area contributed by atoms with Gasteiger partial charge in [-0.3, -0.25) is 14.5 Å². The molecule has 43 heavy (non-hydrogen) atoms. The molecule has 4 heterocycles. The molecule has 0 radical (unpaired) electrons. The highest BCUT2D eigenvalue weighted by Crippen LogP contribution is 2.52. The van der Waals surface area contributed by atoms with Crippen molar-refractivity contribution in [2.24, 2.45) is 16.6 Å². The zero-order valence-corrected chi connectivity index (χ0v) is 25.3. The number of nitrogens with one attached hydrogen (secondary N) is 1. The first-order valence-corrected chi connectivity index (χ1v) is 15.7. The van der Waals surface area contributed by atoms with E-state index in [9.17, 15) is 9.59 Å². The number of guanidine groups is 1. The van der Waals surface area contributed by atoms with Crippen molar-refractivity contribution in [2.75, 3.05) is 0 Å². The number of carbonyl (C=O) groups excluding carboxylic acids is 2. The first-order valence-electron chi connectivity index (χ1n) is 15.7. The second-order valence-electron chi connectivity index (χ2n) is 13.5. The monoisotopic (exact) mass is 592 g/mol. The number of alkyl halides is 2. The number of nitrogens with two attached hydrogens (primary N) is 1. The number of halogens is 2. The molecule has 2 aromatic carbocycles. The summed E-state index contributed by atoms with van der Waals surface area (Å²) in [6.45, 7) is 6.03. The molecule has 2 aromatic rings. The van der Waals surface area contributed by atoms with E-state index in [1.54, 1.807) is 18.2 Å². The van der Waals surface area contributed by atoms with Gasteiger partial charge in [-0.2, -0.15) is 0 Å². The van der Waals surface area contributed by atoms with Crippen LogP contribution in [0, 0.1) is 5.92 Å². The minimum absolute atomic E-state index is 0.0458. The van der Waals surface area contributed by atoms with E-state index in [1.165, 1.54) is 11.0 Å². The second kappa shape index (κ2) is 10.9. The van der Waals surface area contributed by atoms with Crippen LogP contribution in [0.5, 0.6) is 5.75 Å². The van der Waals surface area contributed by atoms with E-state index in [1.807, 2.05) is 26.8 Å². The molecule has 9 heteroatoms. The van der Waals surface area contributed by atoms with Gasteiger partial charge in [0.1, 0.15) is 11.4 Å².